The van der Waals surface area contributed by atoms with E-state index in [1.54, 1.807) is 0 Å². The predicted octanol–water partition coefficient (Wildman–Crippen LogP) is 1.40. The van der Waals surface area contributed by atoms with E-state index in [0.29, 0.717) is 6.54 Å². The van der Waals surface area contributed by atoms with Crippen LogP contribution in [0.25, 0.3) is 0 Å². The van der Waals surface area contributed by atoms with E-state index in [1.807, 2.05) is 0 Å². The van der Waals surface area contributed by atoms with Crippen molar-refractivity contribution < 1.29 is 4.79 Å². The zero-order valence-electron chi connectivity index (χ0n) is 10.7. The molecule has 1 aliphatic heterocycles. The molecule has 0 spiro atoms. The van der Waals surface area contributed by atoms with Gasteiger partial charge in [-0.15, -0.1) is 0 Å². The van der Waals surface area contributed by atoms with Gasteiger partial charge in [-0.3, -0.25) is 4.79 Å². The first-order valence-corrected chi connectivity index (χ1v) is 6.08. The summed E-state index contributed by atoms with van der Waals surface area (Å²) in [6.45, 7) is 7.88. The lowest BCUT2D eigenvalue weighted by Gasteiger charge is -2.21. The van der Waals surface area contributed by atoms with E-state index in [-0.39, 0.29) is 17.7 Å². The second-order valence-corrected chi connectivity index (χ2v) is 5.09. The molecule has 1 aromatic carbocycles. The smallest absolute Gasteiger partial charge is 0.222 e. The number of amides is 1. The average Bonchev–Trinajstić information content (AvgIpc) is 2.64. The van der Waals surface area contributed by atoms with Crippen molar-refractivity contribution in [2.45, 2.75) is 26.7 Å². The highest BCUT2D eigenvalue weighted by Gasteiger charge is 2.34. The van der Waals surface area contributed by atoms with E-state index in [4.69, 9.17) is 5.73 Å². The molecule has 3 nitrogen and oxygen atoms in total. The van der Waals surface area contributed by atoms with Crippen molar-refractivity contribution in [3.05, 3.63) is 34.4 Å². The fraction of sp³-hybridized carbons (Fsp3) is 0.500. The van der Waals surface area contributed by atoms with E-state index >= 15 is 0 Å². The number of hydrogen-bond acceptors (Lipinski definition) is 2. The minimum Gasteiger partial charge on any atom is -0.369 e. The molecule has 1 amide bonds. The molecule has 1 aliphatic rings. The molecule has 3 N–H and O–H groups in total. The van der Waals surface area contributed by atoms with Crippen LogP contribution < -0.4 is 11.1 Å². The Hall–Kier alpha value is -1.35. The predicted molar refractivity (Wildman–Crippen MR) is 68.9 cm³/mol. The van der Waals surface area contributed by atoms with E-state index < -0.39 is 0 Å². The summed E-state index contributed by atoms with van der Waals surface area (Å²) >= 11 is 0. The Labute approximate surface area is 102 Å². The van der Waals surface area contributed by atoms with Gasteiger partial charge in [-0.25, -0.2) is 0 Å². The van der Waals surface area contributed by atoms with Gasteiger partial charge >= 0.3 is 0 Å². The monoisotopic (exact) mass is 232 g/mol. The number of nitrogens with one attached hydrogen (secondary N) is 1. The Morgan fingerprint density at radius 2 is 1.82 bits per heavy atom. The van der Waals surface area contributed by atoms with Crippen molar-refractivity contribution in [3.8, 4) is 0 Å². The van der Waals surface area contributed by atoms with Crippen LogP contribution in [0.5, 0.6) is 0 Å². The van der Waals surface area contributed by atoms with Gasteiger partial charge in [0.15, 0.2) is 0 Å². The summed E-state index contributed by atoms with van der Waals surface area (Å²) < 4.78 is 0. The van der Waals surface area contributed by atoms with Gasteiger partial charge in [0.2, 0.25) is 5.91 Å². The number of carbonyl (C=O) groups excluding carboxylic acids is 1. The normalized spacial score (nSPS) is 23.9. The lowest BCUT2D eigenvalue weighted by Crippen LogP contribution is -2.29. The van der Waals surface area contributed by atoms with E-state index in [9.17, 15) is 4.79 Å². The quantitative estimate of drug-likeness (QED) is 0.810. The van der Waals surface area contributed by atoms with Gasteiger partial charge < -0.3 is 11.1 Å². The Kier molecular flexibility index (Phi) is 3.20. The first kappa shape index (κ1) is 12.1. The summed E-state index contributed by atoms with van der Waals surface area (Å²) in [6.07, 6.45) is 0. The van der Waals surface area contributed by atoms with Crippen molar-refractivity contribution in [2.24, 2.45) is 11.7 Å². The third-order valence-corrected chi connectivity index (χ3v) is 3.69. The van der Waals surface area contributed by atoms with Crippen molar-refractivity contribution in [3.63, 3.8) is 0 Å². The number of nitrogens with two attached hydrogens (primary N) is 1. The second kappa shape index (κ2) is 4.49. The Balaban J connectivity index is 2.43. The summed E-state index contributed by atoms with van der Waals surface area (Å²) in [4.78, 5) is 11.5. The maximum atomic E-state index is 11.5. The van der Waals surface area contributed by atoms with Crippen LogP contribution in [0.4, 0.5) is 0 Å². The Morgan fingerprint density at radius 1 is 1.24 bits per heavy atom. The highest BCUT2D eigenvalue weighted by Crippen LogP contribution is 2.33. The maximum Gasteiger partial charge on any atom is 0.222 e. The van der Waals surface area contributed by atoms with Gasteiger partial charge in [0, 0.05) is 19.0 Å². The third kappa shape index (κ3) is 2.20. The summed E-state index contributed by atoms with van der Waals surface area (Å²) in [6, 6.07) is 4.36. The van der Waals surface area contributed by atoms with Crippen molar-refractivity contribution in [1.29, 1.82) is 0 Å². The molecule has 0 aromatic heterocycles. The highest BCUT2D eigenvalue weighted by molar-refractivity contribution is 5.78. The number of rotatable bonds is 2. The van der Waals surface area contributed by atoms with Crippen LogP contribution in [0.1, 0.15) is 28.2 Å². The molecule has 1 fully saturated rings. The number of hydrogen-bond donors (Lipinski definition) is 2. The fourth-order valence-electron chi connectivity index (χ4n) is 3.06. The molecule has 1 aromatic rings. The highest BCUT2D eigenvalue weighted by atomic mass is 16.1. The van der Waals surface area contributed by atoms with Crippen LogP contribution in [0.3, 0.4) is 0 Å². The number of primary amides is 1. The van der Waals surface area contributed by atoms with Crippen molar-refractivity contribution in [1.82, 2.24) is 5.32 Å². The molecule has 2 unspecified atom stereocenters. The average molecular weight is 232 g/mol. The van der Waals surface area contributed by atoms with Gasteiger partial charge in [-0.2, -0.15) is 0 Å². The van der Waals surface area contributed by atoms with Gasteiger partial charge in [0.25, 0.3) is 0 Å². The van der Waals surface area contributed by atoms with E-state index in [1.165, 1.54) is 22.3 Å². The molecule has 2 rings (SSSR count). The fourth-order valence-corrected chi connectivity index (χ4v) is 3.06. The SMILES string of the molecule is Cc1cc(C)c(C2CNCC2C(N)=O)c(C)c1. The van der Waals surface area contributed by atoms with E-state index in [2.05, 4.69) is 38.2 Å². The van der Waals surface area contributed by atoms with Crippen LogP contribution in [-0.2, 0) is 4.79 Å². The summed E-state index contributed by atoms with van der Waals surface area (Å²) in [7, 11) is 0. The van der Waals surface area contributed by atoms with E-state index in [0.717, 1.165) is 6.54 Å². The lowest BCUT2D eigenvalue weighted by atomic mass is 9.83. The van der Waals surface area contributed by atoms with Gasteiger partial charge in [-0.1, -0.05) is 17.7 Å². The number of benzene rings is 1. The third-order valence-electron chi connectivity index (χ3n) is 3.69. The topological polar surface area (TPSA) is 55.1 Å². The minimum atomic E-state index is -0.195. The van der Waals surface area contributed by atoms with Crippen molar-refractivity contribution >= 4 is 5.91 Å². The van der Waals surface area contributed by atoms with Crippen LogP contribution in [0.2, 0.25) is 0 Å². The van der Waals surface area contributed by atoms with Crippen LogP contribution in [-0.4, -0.2) is 19.0 Å². The van der Waals surface area contributed by atoms with Gasteiger partial charge in [0.1, 0.15) is 0 Å². The zero-order chi connectivity index (χ0) is 12.6. The van der Waals surface area contributed by atoms with Crippen LogP contribution >= 0.6 is 0 Å². The zero-order valence-corrected chi connectivity index (χ0v) is 10.7. The molecule has 0 aliphatic carbocycles. The molecule has 3 heteroatoms. The Bertz CT molecular complexity index is 431. The number of carbonyl (C=O) groups is 1. The molecule has 17 heavy (non-hydrogen) atoms. The Morgan fingerprint density at radius 3 is 2.35 bits per heavy atom. The van der Waals surface area contributed by atoms with Crippen LogP contribution in [0.15, 0.2) is 12.1 Å². The molecule has 1 saturated heterocycles. The van der Waals surface area contributed by atoms with Crippen LogP contribution in [0, 0.1) is 26.7 Å². The molecule has 0 radical (unpaired) electrons. The standard InChI is InChI=1S/C14H20N2O/c1-8-4-9(2)13(10(3)5-8)11-6-16-7-12(11)14(15)17/h4-5,11-12,16H,6-7H2,1-3H3,(H2,15,17). The first-order chi connectivity index (χ1) is 8.00. The van der Waals surface area contributed by atoms with Gasteiger partial charge in [-0.05, 0) is 37.5 Å². The molecule has 2 atom stereocenters. The summed E-state index contributed by atoms with van der Waals surface area (Å²) in [5, 5.41) is 3.27. The molecule has 1 heterocycles. The second-order valence-electron chi connectivity index (χ2n) is 5.09. The maximum absolute atomic E-state index is 11.5. The molecular weight excluding hydrogens is 212 g/mol. The lowest BCUT2D eigenvalue weighted by molar-refractivity contribution is -0.121. The first-order valence-electron chi connectivity index (χ1n) is 6.08. The minimum absolute atomic E-state index is 0.0740. The molecule has 92 valence electrons. The van der Waals surface area contributed by atoms with Crippen molar-refractivity contribution in [2.75, 3.05) is 13.1 Å². The summed E-state index contributed by atoms with van der Waals surface area (Å²) in [5.41, 5.74) is 10.6. The van der Waals surface area contributed by atoms with Gasteiger partial charge in [0.05, 0.1) is 5.92 Å². The molecule has 0 saturated carbocycles. The molecule has 0 bridgehead atoms. The molecular formula is C14H20N2O. The largest absolute Gasteiger partial charge is 0.369 e. The number of aryl methyl sites for hydroxylation is 3. The summed E-state index contributed by atoms with van der Waals surface area (Å²) in [5.74, 6) is -0.0393.